The number of halogens is 2. The molecule has 26 heavy (non-hydrogen) atoms. The molecule has 2 aromatic heterocycles. The third-order valence-corrected chi connectivity index (χ3v) is 4.23. The second-order valence-corrected chi connectivity index (χ2v) is 6.17. The van der Waals surface area contributed by atoms with Crippen LogP contribution in [0.3, 0.4) is 0 Å². The summed E-state index contributed by atoms with van der Waals surface area (Å²) in [7, 11) is 0. The molecule has 0 bridgehead atoms. The lowest BCUT2D eigenvalue weighted by Crippen LogP contribution is -2.37. The van der Waals surface area contributed by atoms with Crippen molar-refractivity contribution in [2.24, 2.45) is 0 Å². The SMILES string of the molecule is O=C(Cn1cnc2sccc2c1=O)NCC(=O)Nc1ccc(F)c(F)c1. The van der Waals surface area contributed by atoms with Gasteiger partial charge in [-0.1, -0.05) is 0 Å². The molecule has 0 saturated heterocycles. The van der Waals surface area contributed by atoms with Crippen LogP contribution < -0.4 is 16.2 Å². The van der Waals surface area contributed by atoms with Crippen molar-refractivity contribution in [1.82, 2.24) is 14.9 Å². The number of hydrogen-bond donors (Lipinski definition) is 2. The summed E-state index contributed by atoms with van der Waals surface area (Å²) >= 11 is 1.32. The van der Waals surface area contributed by atoms with Gasteiger partial charge in [0.15, 0.2) is 11.6 Å². The van der Waals surface area contributed by atoms with Gasteiger partial charge < -0.3 is 10.6 Å². The van der Waals surface area contributed by atoms with Crippen LogP contribution in [0.1, 0.15) is 0 Å². The average Bonchev–Trinajstić information content (AvgIpc) is 3.08. The van der Waals surface area contributed by atoms with Gasteiger partial charge in [0.25, 0.3) is 5.56 Å². The molecular formula is C16H12F2N4O3S. The second-order valence-electron chi connectivity index (χ2n) is 5.27. The Morgan fingerprint density at radius 3 is 2.73 bits per heavy atom. The molecule has 3 rings (SSSR count). The van der Waals surface area contributed by atoms with Crippen molar-refractivity contribution >= 4 is 39.1 Å². The van der Waals surface area contributed by atoms with Gasteiger partial charge in [-0.15, -0.1) is 11.3 Å². The van der Waals surface area contributed by atoms with Crippen LogP contribution in [0.15, 0.2) is 40.8 Å². The van der Waals surface area contributed by atoms with Crippen LogP contribution in [-0.2, 0) is 16.1 Å². The number of anilines is 1. The van der Waals surface area contributed by atoms with Gasteiger partial charge in [0, 0.05) is 11.8 Å². The molecule has 2 heterocycles. The van der Waals surface area contributed by atoms with E-state index in [1.165, 1.54) is 23.7 Å². The van der Waals surface area contributed by atoms with E-state index in [1.54, 1.807) is 11.4 Å². The van der Waals surface area contributed by atoms with E-state index in [9.17, 15) is 23.2 Å². The predicted octanol–water partition coefficient (Wildman–Crippen LogP) is 1.49. The molecule has 0 spiro atoms. The number of carbonyl (C=O) groups excluding carboxylic acids is 2. The van der Waals surface area contributed by atoms with Gasteiger partial charge in [-0.3, -0.25) is 19.0 Å². The fourth-order valence-electron chi connectivity index (χ4n) is 2.17. The van der Waals surface area contributed by atoms with E-state index in [0.717, 1.165) is 16.7 Å². The fraction of sp³-hybridized carbons (Fsp3) is 0.125. The summed E-state index contributed by atoms with van der Waals surface area (Å²) in [5.74, 6) is -3.31. The lowest BCUT2D eigenvalue weighted by molar-refractivity contribution is -0.124. The van der Waals surface area contributed by atoms with E-state index in [2.05, 4.69) is 15.6 Å². The highest BCUT2D eigenvalue weighted by Gasteiger charge is 2.11. The third kappa shape index (κ3) is 3.91. The number of hydrogen-bond acceptors (Lipinski definition) is 5. The van der Waals surface area contributed by atoms with E-state index in [4.69, 9.17) is 0 Å². The Morgan fingerprint density at radius 1 is 1.15 bits per heavy atom. The van der Waals surface area contributed by atoms with Crippen molar-refractivity contribution in [3.8, 4) is 0 Å². The number of nitrogens with one attached hydrogen (secondary N) is 2. The van der Waals surface area contributed by atoms with Crippen molar-refractivity contribution in [2.75, 3.05) is 11.9 Å². The van der Waals surface area contributed by atoms with E-state index in [-0.39, 0.29) is 24.3 Å². The maximum Gasteiger partial charge on any atom is 0.262 e. The molecule has 2 amide bonds. The van der Waals surface area contributed by atoms with Gasteiger partial charge >= 0.3 is 0 Å². The molecular weight excluding hydrogens is 366 g/mol. The van der Waals surface area contributed by atoms with Crippen molar-refractivity contribution in [2.45, 2.75) is 6.54 Å². The number of aromatic nitrogens is 2. The Kier molecular flexibility index (Phi) is 5.03. The number of thiophene rings is 1. The zero-order valence-electron chi connectivity index (χ0n) is 13.2. The monoisotopic (exact) mass is 378 g/mol. The van der Waals surface area contributed by atoms with Gasteiger partial charge in [-0.25, -0.2) is 13.8 Å². The summed E-state index contributed by atoms with van der Waals surface area (Å²) in [6, 6.07) is 4.53. The molecule has 0 aliphatic carbocycles. The highest BCUT2D eigenvalue weighted by atomic mass is 32.1. The molecule has 2 N–H and O–H groups in total. The molecule has 3 aromatic rings. The highest BCUT2D eigenvalue weighted by molar-refractivity contribution is 7.16. The number of amides is 2. The van der Waals surface area contributed by atoms with Crippen molar-refractivity contribution < 1.29 is 18.4 Å². The minimum Gasteiger partial charge on any atom is -0.345 e. The van der Waals surface area contributed by atoms with Gasteiger partial charge in [0.1, 0.15) is 11.4 Å². The molecule has 0 radical (unpaired) electrons. The Morgan fingerprint density at radius 2 is 1.96 bits per heavy atom. The minimum absolute atomic E-state index is 0.0616. The van der Waals surface area contributed by atoms with Crippen LogP contribution in [0.5, 0.6) is 0 Å². The molecule has 0 saturated carbocycles. The highest BCUT2D eigenvalue weighted by Crippen LogP contribution is 2.13. The van der Waals surface area contributed by atoms with Crippen molar-refractivity contribution in [3.63, 3.8) is 0 Å². The Bertz CT molecular complexity index is 1050. The molecule has 1 aromatic carbocycles. The molecule has 0 aliphatic heterocycles. The summed E-state index contributed by atoms with van der Waals surface area (Å²) in [6.45, 7) is -0.684. The lowest BCUT2D eigenvalue weighted by atomic mass is 10.3. The van der Waals surface area contributed by atoms with Gasteiger partial charge in [0.05, 0.1) is 18.3 Å². The van der Waals surface area contributed by atoms with Crippen LogP contribution in [-0.4, -0.2) is 27.9 Å². The predicted molar refractivity (Wildman–Crippen MR) is 91.9 cm³/mol. The fourth-order valence-corrected chi connectivity index (χ4v) is 2.90. The maximum atomic E-state index is 13.1. The molecule has 0 fully saturated rings. The summed E-state index contributed by atoms with van der Waals surface area (Å²) in [5, 5.41) is 6.81. The van der Waals surface area contributed by atoms with Crippen LogP contribution in [0.25, 0.3) is 10.2 Å². The van der Waals surface area contributed by atoms with Gasteiger partial charge in [-0.2, -0.15) is 0 Å². The first-order chi connectivity index (χ1) is 12.4. The van der Waals surface area contributed by atoms with Crippen LogP contribution in [0.4, 0.5) is 14.5 Å². The van der Waals surface area contributed by atoms with Gasteiger partial charge in [-0.05, 0) is 23.6 Å². The largest absolute Gasteiger partial charge is 0.345 e. The maximum absolute atomic E-state index is 13.1. The summed E-state index contributed by atoms with van der Waals surface area (Å²) in [6.07, 6.45) is 1.27. The Balaban J connectivity index is 1.56. The number of rotatable bonds is 5. The quantitative estimate of drug-likeness (QED) is 0.704. The first kappa shape index (κ1) is 17.7. The van der Waals surface area contributed by atoms with Crippen LogP contribution >= 0.6 is 11.3 Å². The Labute approximate surface area is 149 Å². The van der Waals surface area contributed by atoms with E-state index < -0.39 is 23.4 Å². The standard InChI is InChI=1S/C16H12F2N4O3S/c17-11-2-1-9(5-12(11)18)21-13(23)6-19-14(24)7-22-8-20-15-10(16(22)25)3-4-26-15/h1-5,8H,6-7H2,(H,19,24)(H,21,23). The molecule has 0 aliphatic rings. The zero-order valence-corrected chi connectivity index (χ0v) is 14.0. The lowest BCUT2D eigenvalue weighted by Gasteiger charge is -2.08. The topological polar surface area (TPSA) is 93.1 Å². The number of nitrogens with zero attached hydrogens (tertiary/aromatic N) is 2. The average molecular weight is 378 g/mol. The summed E-state index contributed by atoms with van der Waals surface area (Å²) in [5.41, 5.74) is -0.288. The summed E-state index contributed by atoms with van der Waals surface area (Å²) in [4.78, 5) is 40.5. The normalized spacial score (nSPS) is 10.7. The number of fused-ring (bicyclic) bond motifs is 1. The molecule has 10 heteroatoms. The first-order valence-electron chi connectivity index (χ1n) is 7.38. The second kappa shape index (κ2) is 7.40. The third-order valence-electron chi connectivity index (χ3n) is 3.41. The molecule has 0 unspecified atom stereocenters. The van der Waals surface area contributed by atoms with Crippen molar-refractivity contribution in [3.05, 3.63) is 58.0 Å². The van der Waals surface area contributed by atoms with Crippen molar-refractivity contribution in [1.29, 1.82) is 0 Å². The zero-order chi connectivity index (χ0) is 18.7. The van der Waals surface area contributed by atoms with Crippen LogP contribution in [0.2, 0.25) is 0 Å². The minimum atomic E-state index is -1.09. The number of carbonyl (C=O) groups is 2. The molecule has 0 atom stereocenters. The van der Waals surface area contributed by atoms with E-state index >= 15 is 0 Å². The first-order valence-corrected chi connectivity index (χ1v) is 8.26. The molecule has 7 nitrogen and oxygen atoms in total. The smallest absolute Gasteiger partial charge is 0.262 e. The number of benzene rings is 1. The summed E-state index contributed by atoms with van der Waals surface area (Å²) < 4.78 is 27.0. The van der Waals surface area contributed by atoms with E-state index in [0.29, 0.717) is 10.2 Å². The molecule has 134 valence electrons. The Hall–Kier alpha value is -3.14. The van der Waals surface area contributed by atoms with Gasteiger partial charge in [0.2, 0.25) is 11.8 Å². The van der Waals surface area contributed by atoms with Crippen LogP contribution in [0, 0.1) is 11.6 Å². The van der Waals surface area contributed by atoms with E-state index in [1.807, 2.05) is 0 Å².